The van der Waals surface area contributed by atoms with E-state index in [1.54, 1.807) is 0 Å². The van der Waals surface area contributed by atoms with Crippen molar-refractivity contribution in [3.05, 3.63) is 71.0 Å². The Labute approximate surface area is 165 Å². The molecule has 134 valence electrons. The molecule has 0 saturated heterocycles. The first-order valence-corrected chi connectivity index (χ1v) is 9.19. The first-order chi connectivity index (χ1) is 14.1. The Balaban J connectivity index is 1.76. The number of aliphatic imine (C=N–C) groups is 1. The zero-order valence-corrected chi connectivity index (χ0v) is 15.4. The molecule has 29 heavy (non-hydrogen) atoms. The van der Waals surface area contributed by atoms with Gasteiger partial charge in [-0.15, -0.1) is 0 Å². The minimum Gasteiger partial charge on any atom is -0.352 e. The van der Waals surface area contributed by atoms with Crippen molar-refractivity contribution in [2.75, 3.05) is 5.32 Å². The highest BCUT2D eigenvalue weighted by atomic mass is 15.2. The lowest BCUT2D eigenvalue weighted by Crippen LogP contribution is -2.40. The lowest BCUT2D eigenvalue weighted by atomic mass is 9.89. The Bertz CT molecular complexity index is 1520. The molecule has 0 fully saturated rings. The molecule has 1 atom stereocenters. The zero-order chi connectivity index (χ0) is 19.8. The summed E-state index contributed by atoms with van der Waals surface area (Å²) in [6.45, 7) is 2.07. The van der Waals surface area contributed by atoms with Crippen LogP contribution in [-0.4, -0.2) is 15.7 Å². The van der Waals surface area contributed by atoms with Crippen molar-refractivity contribution < 1.29 is 0 Å². The van der Waals surface area contributed by atoms with E-state index >= 15 is 0 Å². The van der Waals surface area contributed by atoms with Gasteiger partial charge in [0, 0.05) is 5.56 Å². The van der Waals surface area contributed by atoms with Crippen LogP contribution in [0.3, 0.4) is 0 Å². The van der Waals surface area contributed by atoms with Crippen LogP contribution in [0.1, 0.15) is 29.4 Å². The number of nitrogens with zero attached hydrogens (tertiary/aromatic N) is 5. The predicted octanol–water partition coefficient (Wildman–Crippen LogP) is 4.30. The molecular weight excluding hydrogens is 360 g/mol. The quantitative estimate of drug-likeness (QED) is 0.464. The van der Waals surface area contributed by atoms with Crippen molar-refractivity contribution in [1.29, 1.82) is 10.5 Å². The van der Waals surface area contributed by atoms with Gasteiger partial charge in [0.25, 0.3) is 0 Å². The molecule has 6 rings (SSSR count). The second-order valence-electron chi connectivity index (χ2n) is 7.40. The molecule has 0 bridgehead atoms. The lowest BCUT2D eigenvalue weighted by molar-refractivity contribution is 0.738. The van der Waals surface area contributed by atoms with Crippen LogP contribution in [0.15, 0.2) is 53.5 Å². The summed E-state index contributed by atoms with van der Waals surface area (Å²) in [7, 11) is 0. The molecule has 4 aromatic rings. The first-order valence-electron chi connectivity index (χ1n) is 9.19. The van der Waals surface area contributed by atoms with Crippen LogP contribution in [0.25, 0.3) is 21.5 Å². The molecule has 1 unspecified atom stereocenters. The molecule has 0 radical (unpaired) electrons. The van der Waals surface area contributed by atoms with Crippen LogP contribution in [0, 0.1) is 22.7 Å². The Morgan fingerprint density at radius 1 is 0.931 bits per heavy atom. The molecule has 2 heterocycles. The number of nitriles is 2. The van der Waals surface area contributed by atoms with Crippen molar-refractivity contribution in [3.8, 4) is 12.1 Å². The van der Waals surface area contributed by atoms with Gasteiger partial charge >= 0.3 is 0 Å². The van der Waals surface area contributed by atoms with Crippen LogP contribution < -0.4 is 5.32 Å². The van der Waals surface area contributed by atoms with Crippen LogP contribution in [0.2, 0.25) is 0 Å². The summed E-state index contributed by atoms with van der Waals surface area (Å²) in [6.07, 6.45) is 0. The second-order valence-corrected chi connectivity index (χ2v) is 7.40. The number of hydrogen-bond acceptors (Lipinski definition) is 6. The maximum absolute atomic E-state index is 9.32. The molecule has 6 nitrogen and oxygen atoms in total. The number of hydrogen-bond donors (Lipinski definition) is 1. The van der Waals surface area contributed by atoms with Crippen molar-refractivity contribution in [2.24, 2.45) is 4.99 Å². The summed E-state index contributed by atoms with van der Waals surface area (Å²) in [4.78, 5) is 13.5. The topological polar surface area (TPSA) is 97.8 Å². The van der Waals surface area contributed by atoms with Crippen LogP contribution in [0.5, 0.6) is 0 Å². The van der Waals surface area contributed by atoms with Gasteiger partial charge < -0.3 is 5.32 Å². The van der Waals surface area contributed by atoms with Gasteiger partial charge in [0.1, 0.15) is 17.7 Å². The summed E-state index contributed by atoms with van der Waals surface area (Å²) in [5.41, 5.74) is 2.44. The van der Waals surface area contributed by atoms with Gasteiger partial charge in [0.15, 0.2) is 23.0 Å². The zero-order valence-electron chi connectivity index (χ0n) is 15.4. The van der Waals surface area contributed by atoms with E-state index in [-0.39, 0.29) is 11.4 Å². The molecule has 1 aliphatic carbocycles. The highest BCUT2D eigenvalue weighted by Crippen LogP contribution is 2.49. The Morgan fingerprint density at radius 2 is 1.69 bits per heavy atom. The van der Waals surface area contributed by atoms with E-state index in [1.807, 2.05) is 30.3 Å². The minimum absolute atomic E-state index is 0.000157. The van der Waals surface area contributed by atoms with Crippen LogP contribution in [0.4, 0.5) is 11.6 Å². The average Bonchev–Trinajstić information content (AvgIpc) is 3.01. The normalized spacial score (nSPS) is 18.4. The third-order valence-electron chi connectivity index (χ3n) is 5.81. The molecule has 6 heteroatoms. The number of rotatable bonds is 0. The van der Waals surface area contributed by atoms with Gasteiger partial charge in [0.05, 0.1) is 5.71 Å². The molecule has 3 aromatic carbocycles. The highest BCUT2D eigenvalue weighted by molar-refractivity contribution is 6.31. The Kier molecular flexibility index (Phi) is 2.80. The second kappa shape index (κ2) is 5.15. The first kappa shape index (κ1) is 15.7. The summed E-state index contributed by atoms with van der Waals surface area (Å²) >= 11 is 0. The molecule has 1 N–H and O–H groups in total. The highest BCUT2D eigenvalue weighted by Gasteiger charge is 2.45. The molecule has 1 aliphatic heterocycles. The maximum Gasteiger partial charge on any atom is 0.197 e. The Morgan fingerprint density at radius 3 is 2.52 bits per heavy atom. The molecular formula is C23H12N6. The number of nitrogens with one attached hydrogen (secondary N) is 1. The fourth-order valence-corrected chi connectivity index (χ4v) is 4.54. The van der Waals surface area contributed by atoms with Gasteiger partial charge in [-0.1, -0.05) is 42.5 Å². The largest absolute Gasteiger partial charge is 0.352 e. The van der Waals surface area contributed by atoms with Gasteiger partial charge in [-0.25, -0.2) is 15.0 Å². The molecule has 0 amide bonds. The van der Waals surface area contributed by atoms with Gasteiger partial charge in [-0.05, 0) is 40.1 Å². The molecule has 0 saturated carbocycles. The van der Waals surface area contributed by atoms with E-state index in [0.29, 0.717) is 11.6 Å². The fraction of sp³-hybridized carbons (Fsp3) is 0.0870. The van der Waals surface area contributed by atoms with E-state index in [1.165, 1.54) is 0 Å². The lowest BCUT2D eigenvalue weighted by Gasteiger charge is -2.32. The van der Waals surface area contributed by atoms with Crippen molar-refractivity contribution in [1.82, 2.24) is 9.97 Å². The molecule has 0 spiro atoms. The van der Waals surface area contributed by atoms with Crippen LogP contribution in [-0.2, 0) is 5.54 Å². The third kappa shape index (κ3) is 1.85. The fourth-order valence-electron chi connectivity index (χ4n) is 4.54. The summed E-state index contributed by atoms with van der Waals surface area (Å²) in [6, 6.07) is 20.6. The summed E-state index contributed by atoms with van der Waals surface area (Å²) < 4.78 is 0. The monoisotopic (exact) mass is 372 g/mol. The molecule has 2 aliphatic rings. The minimum atomic E-state index is -0.603. The van der Waals surface area contributed by atoms with E-state index in [0.717, 1.165) is 38.4 Å². The average molecular weight is 372 g/mol. The van der Waals surface area contributed by atoms with Gasteiger partial charge in [-0.2, -0.15) is 10.5 Å². The Hall–Kier alpha value is -4.29. The predicted molar refractivity (Wildman–Crippen MR) is 110 cm³/mol. The van der Waals surface area contributed by atoms with E-state index in [9.17, 15) is 10.5 Å². The van der Waals surface area contributed by atoms with Gasteiger partial charge in [-0.3, -0.25) is 0 Å². The standard InChI is InChI=1S/C23H12N6/c1-23-15-8-4-6-13-9-12-5-2-3-7-14(12)19(18(13)15)20(23)28-21-22(29-23)27-17(11-25)16(10-24)26-21/h2-9H,1H3,(H,27,29). The number of anilines is 1. The number of fused-ring (bicyclic) bond motifs is 6. The van der Waals surface area contributed by atoms with Gasteiger partial charge in [0.2, 0.25) is 0 Å². The molecule has 1 aromatic heterocycles. The van der Waals surface area contributed by atoms with E-state index in [2.05, 4.69) is 52.5 Å². The van der Waals surface area contributed by atoms with E-state index in [4.69, 9.17) is 4.99 Å². The van der Waals surface area contributed by atoms with Crippen molar-refractivity contribution in [2.45, 2.75) is 12.5 Å². The third-order valence-corrected chi connectivity index (χ3v) is 5.81. The van der Waals surface area contributed by atoms with E-state index < -0.39 is 5.54 Å². The number of benzene rings is 3. The maximum atomic E-state index is 9.32. The number of aromatic nitrogens is 2. The SMILES string of the molecule is CC12Nc3nc(C#N)c(C#N)nc3N=C1c1c3ccccc3cc3cccc2c13. The van der Waals surface area contributed by atoms with Crippen molar-refractivity contribution in [3.63, 3.8) is 0 Å². The summed E-state index contributed by atoms with van der Waals surface area (Å²) in [5, 5.41) is 26.7. The van der Waals surface area contributed by atoms with Crippen molar-refractivity contribution >= 4 is 38.9 Å². The smallest absolute Gasteiger partial charge is 0.197 e. The van der Waals surface area contributed by atoms with Crippen LogP contribution >= 0.6 is 0 Å². The summed E-state index contributed by atoms with van der Waals surface area (Å²) in [5.74, 6) is 0.753.